The lowest BCUT2D eigenvalue weighted by Gasteiger charge is -2.34. The Morgan fingerprint density at radius 1 is 1.38 bits per heavy atom. The van der Waals surface area contributed by atoms with Gasteiger partial charge >= 0.3 is 0 Å². The van der Waals surface area contributed by atoms with Crippen LogP contribution >= 0.6 is 0 Å². The molecule has 1 fully saturated rings. The molecular formula is C18H27N5O. The lowest BCUT2D eigenvalue weighted by atomic mass is 10.0. The number of carbonyl (C=O) groups excluding carboxylic acids is 1. The van der Waals surface area contributed by atoms with E-state index in [1.165, 1.54) is 0 Å². The van der Waals surface area contributed by atoms with Crippen molar-refractivity contribution < 1.29 is 4.79 Å². The summed E-state index contributed by atoms with van der Waals surface area (Å²) in [6, 6.07) is 0.344. The van der Waals surface area contributed by atoms with Gasteiger partial charge in [-0.15, -0.1) is 0 Å². The average Bonchev–Trinajstić information content (AvgIpc) is 3.15. The van der Waals surface area contributed by atoms with E-state index in [1.807, 2.05) is 42.9 Å². The highest BCUT2D eigenvalue weighted by atomic mass is 16.2. The molecule has 0 radical (unpaired) electrons. The van der Waals surface area contributed by atoms with E-state index in [0.29, 0.717) is 12.5 Å². The summed E-state index contributed by atoms with van der Waals surface area (Å²) < 4.78 is 4.11. The molecule has 6 nitrogen and oxygen atoms in total. The molecule has 6 heteroatoms. The molecule has 3 rings (SSSR count). The molecule has 0 bridgehead atoms. The van der Waals surface area contributed by atoms with Crippen molar-refractivity contribution in [2.75, 3.05) is 13.1 Å². The number of amides is 1. The van der Waals surface area contributed by atoms with Gasteiger partial charge in [-0.2, -0.15) is 5.10 Å². The van der Waals surface area contributed by atoms with Crippen molar-refractivity contribution in [1.82, 2.24) is 24.2 Å². The Kier molecular flexibility index (Phi) is 4.73. The van der Waals surface area contributed by atoms with E-state index in [1.54, 1.807) is 0 Å². The van der Waals surface area contributed by atoms with Gasteiger partial charge in [0.1, 0.15) is 5.82 Å². The van der Waals surface area contributed by atoms with E-state index in [-0.39, 0.29) is 5.91 Å². The highest BCUT2D eigenvalue weighted by Gasteiger charge is 2.26. The lowest BCUT2D eigenvalue weighted by molar-refractivity contribution is -0.132. The molecule has 24 heavy (non-hydrogen) atoms. The SMILES string of the molecule is CCc1nccn1C1CCCN(C(=O)Cc2c(C)nn(C)c2C)C1. The number of carbonyl (C=O) groups is 1. The highest BCUT2D eigenvalue weighted by Crippen LogP contribution is 2.24. The topological polar surface area (TPSA) is 56.0 Å². The van der Waals surface area contributed by atoms with Crippen molar-refractivity contribution in [1.29, 1.82) is 0 Å². The number of nitrogens with zero attached hydrogens (tertiary/aromatic N) is 5. The first-order chi connectivity index (χ1) is 11.5. The quantitative estimate of drug-likeness (QED) is 0.864. The predicted octanol–water partition coefficient (Wildman–Crippen LogP) is 2.20. The summed E-state index contributed by atoms with van der Waals surface area (Å²) in [5.41, 5.74) is 3.11. The third kappa shape index (κ3) is 3.09. The maximum atomic E-state index is 12.8. The first kappa shape index (κ1) is 16.7. The molecule has 1 aliphatic rings. The van der Waals surface area contributed by atoms with Crippen molar-refractivity contribution in [3.05, 3.63) is 35.2 Å². The van der Waals surface area contributed by atoms with Crippen LogP contribution in [-0.4, -0.2) is 43.2 Å². The van der Waals surface area contributed by atoms with Crippen molar-refractivity contribution in [2.45, 2.75) is 52.5 Å². The van der Waals surface area contributed by atoms with Gasteiger partial charge in [-0.3, -0.25) is 9.48 Å². The summed E-state index contributed by atoms with van der Waals surface area (Å²) >= 11 is 0. The van der Waals surface area contributed by atoms with E-state index in [2.05, 4.69) is 21.6 Å². The standard InChI is InChI=1S/C18H27N5O/c1-5-17-19-8-10-23(17)15-7-6-9-22(12-15)18(24)11-16-13(2)20-21(4)14(16)3/h8,10,15H,5-7,9,11-12H2,1-4H3. The van der Waals surface area contributed by atoms with Gasteiger partial charge in [-0.1, -0.05) is 6.92 Å². The van der Waals surface area contributed by atoms with Gasteiger partial charge in [0.05, 0.1) is 18.2 Å². The van der Waals surface area contributed by atoms with Gasteiger partial charge in [-0.25, -0.2) is 4.98 Å². The molecular weight excluding hydrogens is 302 g/mol. The minimum Gasteiger partial charge on any atom is -0.340 e. The number of likely N-dealkylation sites (tertiary alicyclic amines) is 1. The summed E-state index contributed by atoms with van der Waals surface area (Å²) in [6.07, 6.45) is 7.43. The summed E-state index contributed by atoms with van der Waals surface area (Å²) in [6.45, 7) is 7.76. The minimum atomic E-state index is 0.206. The van der Waals surface area contributed by atoms with Crippen LogP contribution < -0.4 is 0 Å². The molecule has 0 aliphatic carbocycles. The van der Waals surface area contributed by atoms with E-state index in [0.717, 1.165) is 55.1 Å². The third-order valence-electron chi connectivity index (χ3n) is 5.19. The van der Waals surface area contributed by atoms with Crippen molar-refractivity contribution in [3.8, 4) is 0 Å². The van der Waals surface area contributed by atoms with Crippen LogP contribution in [0.2, 0.25) is 0 Å². The second-order valence-corrected chi connectivity index (χ2v) is 6.69. The van der Waals surface area contributed by atoms with Crippen molar-refractivity contribution >= 4 is 5.91 Å². The molecule has 0 saturated carbocycles. The number of rotatable bonds is 4. The first-order valence-corrected chi connectivity index (χ1v) is 8.79. The van der Waals surface area contributed by atoms with Gasteiger partial charge in [0.25, 0.3) is 0 Å². The Morgan fingerprint density at radius 2 is 2.17 bits per heavy atom. The van der Waals surface area contributed by atoms with Crippen LogP contribution in [0.3, 0.4) is 0 Å². The number of imidazole rings is 1. The van der Waals surface area contributed by atoms with Gasteiger partial charge in [0, 0.05) is 50.2 Å². The molecule has 0 spiro atoms. The normalized spacial score (nSPS) is 18.2. The molecule has 1 atom stereocenters. The number of hydrogen-bond acceptors (Lipinski definition) is 3. The largest absolute Gasteiger partial charge is 0.340 e. The maximum Gasteiger partial charge on any atom is 0.227 e. The van der Waals surface area contributed by atoms with Crippen LogP contribution in [0.4, 0.5) is 0 Å². The molecule has 1 aliphatic heterocycles. The maximum absolute atomic E-state index is 12.8. The summed E-state index contributed by atoms with van der Waals surface area (Å²) in [4.78, 5) is 19.3. The molecule has 2 aromatic rings. The van der Waals surface area contributed by atoms with Gasteiger partial charge < -0.3 is 9.47 Å². The second-order valence-electron chi connectivity index (χ2n) is 6.69. The highest BCUT2D eigenvalue weighted by molar-refractivity contribution is 5.79. The Balaban J connectivity index is 1.71. The Hall–Kier alpha value is -2.11. The first-order valence-electron chi connectivity index (χ1n) is 8.79. The second kappa shape index (κ2) is 6.79. The average molecular weight is 329 g/mol. The van der Waals surface area contributed by atoms with Crippen LogP contribution in [0, 0.1) is 13.8 Å². The van der Waals surface area contributed by atoms with Gasteiger partial charge in [0.15, 0.2) is 0 Å². The molecule has 2 aromatic heterocycles. The molecule has 0 N–H and O–H groups in total. The lowest BCUT2D eigenvalue weighted by Crippen LogP contribution is -2.41. The van der Waals surface area contributed by atoms with Crippen LogP contribution in [0.5, 0.6) is 0 Å². The van der Waals surface area contributed by atoms with Crippen LogP contribution in [0.25, 0.3) is 0 Å². The third-order valence-corrected chi connectivity index (χ3v) is 5.19. The van der Waals surface area contributed by atoms with E-state index < -0.39 is 0 Å². The Morgan fingerprint density at radius 3 is 2.83 bits per heavy atom. The predicted molar refractivity (Wildman–Crippen MR) is 92.8 cm³/mol. The van der Waals surface area contributed by atoms with Gasteiger partial charge in [0.2, 0.25) is 5.91 Å². The molecule has 0 aromatic carbocycles. The van der Waals surface area contributed by atoms with E-state index >= 15 is 0 Å². The van der Waals surface area contributed by atoms with E-state index in [9.17, 15) is 4.79 Å². The molecule has 3 heterocycles. The zero-order chi connectivity index (χ0) is 17.3. The van der Waals surface area contributed by atoms with Crippen molar-refractivity contribution in [2.24, 2.45) is 7.05 Å². The van der Waals surface area contributed by atoms with Gasteiger partial charge in [-0.05, 0) is 26.7 Å². The fraction of sp³-hybridized carbons (Fsp3) is 0.611. The van der Waals surface area contributed by atoms with Crippen molar-refractivity contribution in [3.63, 3.8) is 0 Å². The van der Waals surface area contributed by atoms with E-state index in [4.69, 9.17) is 0 Å². The monoisotopic (exact) mass is 329 g/mol. The fourth-order valence-corrected chi connectivity index (χ4v) is 3.69. The zero-order valence-electron chi connectivity index (χ0n) is 15.1. The molecule has 1 amide bonds. The molecule has 1 unspecified atom stereocenters. The Labute approximate surface area is 143 Å². The van der Waals surface area contributed by atoms with Crippen LogP contribution in [0.15, 0.2) is 12.4 Å². The smallest absolute Gasteiger partial charge is 0.227 e. The van der Waals surface area contributed by atoms with Crippen LogP contribution in [-0.2, 0) is 24.7 Å². The Bertz CT molecular complexity index is 730. The zero-order valence-corrected chi connectivity index (χ0v) is 15.1. The summed E-state index contributed by atoms with van der Waals surface area (Å²) in [5, 5.41) is 4.42. The number of hydrogen-bond donors (Lipinski definition) is 0. The molecule has 1 saturated heterocycles. The van der Waals surface area contributed by atoms with Crippen LogP contribution in [0.1, 0.15) is 48.6 Å². The minimum absolute atomic E-state index is 0.206. The summed E-state index contributed by atoms with van der Waals surface area (Å²) in [5.74, 6) is 1.31. The summed E-state index contributed by atoms with van der Waals surface area (Å²) in [7, 11) is 1.93. The fourth-order valence-electron chi connectivity index (χ4n) is 3.69. The number of aromatic nitrogens is 4. The number of piperidine rings is 1. The molecule has 130 valence electrons. The number of aryl methyl sites for hydroxylation is 3.